The van der Waals surface area contributed by atoms with E-state index in [1.54, 1.807) is 0 Å². The van der Waals surface area contributed by atoms with Crippen molar-refractivity contribution >= 4 is 47.4 Å². The van der Waals surface area contributed by atoms with Gasteiger partial charge < -0.3 is 10.7 Å². The smallest absolute Gasteiger partial charge is 0.123 e. The van der Waals surface area contributed by atoms with E-state index in [0.717, 1.165) is 16.9 Å². The summed E-state index contributed by atoms with van der Waals surface area (Å²) in [6, 6.07) is 5.46. The van der Waals surface area contributed by atoms with Crippen LogP contribution in [0.5, 0.6) is 0 Å². The minimum Gasteiger partial charge on any atom is -0.341 e. The zero-order valence-electron chi connectivity index (χ0n) is 8.03. The van der Waals surface area contributed by atoms with E-state index in [2.05, 4.69) is 9.97 Å². The number of hydrogen-bond donors (Lipinski definition) is 2. The van der Waals surface area contributed by atoms with Crippen LogP contribution < -0.4 is 5.73 Å². The number of rotatable bonds is 1. The Morgan fingerprint density at radius 1 is 1.40 bits per heavy atom. The van der Waals surface area contributed by atoms with Gasteiger partial charge >= 0.3 is 0 Å². The average molecular weight is 269 g/mol. The van der Waals surface area contributed by atoms with Crippen molar-refractivity contribution in [1.82, 2.24) is 9.97 Å². The molecule has 0 aliphatic rings. The van der Waals surface area contributed by atoms with E-state index >= 15 is 0 Å². The van der Waals surface area contributed by atoms with Gasteiger partial charge in [-0.05, 0) is 25.1 Å². The van der Waals surface area contributed by atoms with Gasteiger partial charge in [0.05, 0.1) is 17.1 Å². The molecule has 1 aromatic heterocycles. The second-order valence-corrected chi connectivity index (χ2v) is 3.51. The summed E-state index contributed by atoms with van der Waals surface area (Å²) in [5.41, 5.74) is 7.52. The highest BCUT2D eigenvalue weighted by Crippen LogP contribution is 2.18. The fraction of sp³-hybridized carbons (Fsp3) is 0.222. The number of halogens is 3. The molecule has 6 heteroatoms. The summed E-state index contributed by atoms with van der Waals surface area (Å²) in [5.74, 6) is 0.789. The number of H-pyrrole nitrogens is 1. The summed E-state index contributed by atoms with van der Waals surface area (Å²) in [4.78, 5) is 7.43. The van der Waals surface area contributed by atoms with E-state index in [1.165, 1.54) is 0 Å². The number of nitrogens with one attached hydrogen (secondary N) is 1. The molecule has 0 amide bonds. The molecule has 2 rings (SSSR count). The number of aromatic nitrogens is 2. The summed E-state index contributed by atoms with van der Waals surface area (Å²) in [6.07, 6.45) is 0. The lowest BCUT2D eigenvalue weighted by Gasteiger charge is -1.96. The van der Waals surface area contributed by atoms with Gasteiger partial charge in [-0.25, -0.2) is 4.98 Å². The normalized spacial score (nSPS) is 11.7. The first-order chi connectivity index (χ1) is 6.16. The summed E-state index contributed by atoms with van der Waals surface area (Å²) >= 11 is 5.83. The maximum absolute atomic E-state index is 5.83. The second kappa shape index (κ2) is 5.56. The van der Waals surface area contributed by atoms with Crippen LogP contribution in [0.1, 0.15) is 18.8 Å². The first-order valence-electron chi connectivity index (χ1n) is 4.07. The molecule has 0 saturated heterocycles. The number of benzene rings is 1. The molecule has 1 aromatic carbocycles. The van der Waals surface area contributed by atoms with Crippen LogP contribution in [-0.4, -0.2) is 9.97 Å². The largest absolute Gasteiger partial charge is 0.341 e. The SMILES string of the molecule is CC(N)c1nc2ccc(Cl)cc2[nH]1.Cl.Cl. The molecular weight excluding hydrogens is 256 g/mol. The minimum atomic E-state index is -0.0776. The van der Waals surface area contributed by atoms with Gasteiger partial charge in [0, 0.05) is 5.02 Å². The molecule has 0 aliphatic carbocycles. The predicted molar refractivity (Wildman–Crippen MR) is 68.2 cm³/mol. The van der Waals surface area contributed by atoms with Crippen molar-refractivity contribution in [3.63, 3.8) is 0 Å². The van der Waals surface area contributed by atoms with Crippen molar-refractivity contribution < 1.29 is 0 Å². The molecule has 84 valence electrons. The minimum absolute atomic E-state index is 0. The Bertz CT molecular complexity index is 439. The van der Waals surface area contributed by atoms with Crippen LogP contribution in [0.15, 0.2) is 18.2 Å². The predicted octanol–water partition coefficient (Wildman–Crippen LogP) is 3.08. The lowest BCUT2D eigenvalue weighted by Crippen LogP contribution is -2.06. The zero-order chi connectivity index (χ0) is 9.42. The van der Waals surface area contributed by atoms with Gasteiger partial charge in [0.15, 0.2) is 0 Å². The topological polar surface area (TPSA) is 54.7 Å². The standard InChI is InChI=1S/C9H10ClN3.2ClH/c1-5(11)9-12-7-3-2-6(10)4-8(7)13-9;;/h2-5H,11H2,1H3,(H,12,13);2*1H. The van der Waals surface area contributed by atoms with Gasteiger partial charge in [-0.15, -0.1) is 24.8 Å². The summed E-state index contributed by atoms with van der Waals surface area (Å²) < 4.78 is 0. The highest BCUT2D eigenvalue weighted by Gasteiger charge is 2.05. The van der Waals surface area contributed by atoms with Crippen molar-refractivity contribution in [2.24, 2.45) is 5.73 Å². The Kier molecular flexibility index (Phi) is 5.38. The summed E-state index contributed by atoms with van der Waals surface area (Å²) in [6.45, 7) is 1.89. The molecule has 0 aliphatic heterocycles. The summed E-state index contributed by atoms with van der Waals surface area (Å²) in [5, 5.41) is 0.701. The fourth-order valence-corrected chi connectivity index (χ4v) is 1.39. The van der Waals surface area contributed by atoms with Crippen LogP contribution in [0.4, 0.5) is 0 Å². The number of nitrogens with zero attached hydrogens (tertiary/aromatic N) is 1. The first kappa shape index (κ1) is 14.5. The maximum atomic E-state index is 5.83. The first-order valence-corrected chi connectivity index (χ1v) is 4.45. The van der Waals surface area contributed by atoms with Crippen molar-refractivity contribution in [2.75, 3.05) is 0 Å². The van der Waals surface area contributed by atoms with Gasteiger partial charge in [-0.2, -0.15) is 0 Å². The average Bonchev–Trinajstić information content (AvgIpc) is 2.46. The third kappa shape index (κ3) is 2.98. The van der Waals surface area contributed by atoms with Gasteiger partial charge in [0.1, 0.15) is 5.82 Å². The molecule has 2 aromatic rings. The van der Waals surface area contributed by atoms with Crippen molar-refractivity contribution in [3.05, 3.63) is 29.0 Å². The van der Waals surface area contributed by atoms with E-state index in [9.17, 15) is 0 Å². The maximum Gasteiger partial charge on any atom is 0.123 e. The highest BCUT2D eigenvalue weighted by atomic mass is 35.5. The van der Waals surface area contributed by atoms with Gasteiger partial charge in [-0.3, -0.25) is 0 Å². The number of nitrogens with two attached hydrogens (primary N) is 1. The molecular formula is C9H12Cl3N3. The van der Waals surface area contributed by atoms with Crippen LogP contribution in [0.25, 0.3) is 11.0 Å². The van der Waals surface area contributed by atoms with E-state index < -0.39 is 0 Å². The molecule has 3 N–H and O–H groups in total. The Morgan fingerprint density at radius 3 is 2.67 bits per heavy atom. The molecule has 1 atom stereocenters. The number of imidazole rings is 1. The van der Waals surface area contributed by atoms with Crippen LogP contribution >= 0.6 is 36.4 Å². The monoisotopic (exact) mass is 267 g/mol. The second-order valence-electron chi connectivity index (χ2n) is 3.07. The Morgan fingerprint density at radius 2 is 2.07 bits per heavy atom. The molecule has 0 bridgehead atoms. The lowest BCUT2D eigenvalue weighted by atomic mass is 10.3. The quantitative estimate of drug-likeness (QED) is 0.835. The Balaban J connectivity index is 0.000000980. The number of fused-ring (bicyclic) bond motifs is 1. The van der Waals surface area contributed by atoms with Crippen molar-refractivity contribution in [3.8, 4) is 0 Å². The van der Waals surface area contributed by atoms with Crippen LogP contribution in [0, 0.1) is 0 Å². The Labute approximate surface area is 105 Å². The zero-order valence-corrected chi connectivity index (χ0v) is 10.4. The molecule has 1 unspecified atom stereocenters. The highest BCUT2D eigenvalue weighted by molar-refractivity contribution is 6.31. The molecule has 1 heterocycles. The van der Waals surface area contributed by atoms with E-state index in [0.29, 0.717) is 5.02 Å². The fourth-order valence-electron chi connectivity index (χ4n) is 1.22. The molecule has 0 radical (unpaired) electrons. The van der Waals surface area contributed by atoms with Gasteiger partial charge in [0.2, 0.25) is 0 Å². The molecule has 0 fully saturated rings. The van der Waals surface area contributed by atoms with Crippen molar-refractivity contribution in [1.29, 1.82) is 0 Å². The Hall–Kier alpha value is -0.480. The third-order valence-electron chi connectivity index (χ3n) is 1.89. The number of hydrogen-bond acceptors (Lipinski definition) is 2. The summed E-state index contributed by atoms with van der Waals surface area (Å²) in [7, 11) is 0. The van der Waals surface area contributed by atoms with E-state index in [1.807, 2.05) is 25.1 Å². The van der Waals surface area contributed by atoms with Crippen LogP contribution in [-0.2, 0) is 0 Å². The lowest BCUT2D eigenvalue weighted by molar-refractivity contribution is 0.760. The van der Waals surface area contributed by atoms with Crippen LogP contribution in [0.3, 0.4) is 0 Å². The van der Waals surface area contributed by atoms with Crippen LogP contribution in [0.2, 0.25) is 5.02 Å². The molecule has 15 heavy (non-hydrogen) atoms. The molecule has 0 saturated carbocycles. The molecule has 3 nitrogen and oxygen atoms in total. The third-order valence-corrected chi connectivity index (χ3v) is 2.13. The van der Waals surface area contributed by atoms with E-state index in [-0.39, 0.29) is 30.9 Å². The van der Waals surface area contributed by atoms with Crippen molar-refractivity contribution in [2.45, 2.75) is 13.0 Å². The van der Waals surface area contributed by atoms with E-state index in [4.69, 9.17) is 17.3 Å². The molecule has 0 spiro atoms. The van der Waals surface area contributed by atoms with Gasteiger partial charge in [0.25, 0.3) is 0 Å². The number of aromatic amines is 1. The van der Waals surface area contributed by atoms with Gasteiger partial charge in [-0.1, -0.05) is 11.6 Å².